The highest BCUT2D eigenvalue weighted by molar-refractivity contribution is 6.31. The summed E-state index contributed by atoms with van der Waals surface area (Å²) in [5.41, 5.74) is 7.32. The Bertz CT molecular complexity index is 1050. The third-order valence-corrected chi connectivity index (χ3v) is 5.79. The van der Waals surface area contributed by atoms with E-state index in [9.17, 15) is 10.1 Å². The molecule has 2 aliphatic heterocycles. The maximum absolute atomic E-state index is 13.0. The van der Waals surface area contributed by atoms with Crippen LogP contribution in [0.3, 0.4) is 0 Å². The van der Waals surface area contributed by atoms with Gasteiger partial charge in [0.25, 0.3) is 5.91 Å². The van der Waals surface area contributed by atoms with Crippen molar-refractivity contribution in [1.82, 2.24) is 9.88 Å². The van der Waals surface area contributed by atoms with Crippen molar-refractivity contribution in [3.63, 3.8) is 0 Å². The van der Waals surface area contributed by atoms with Gasteiger partial charge in [-0.2, -0.15) is 5.26 Å². The zero-order chi connectivity index (χ0) is 23.3. The summed E-state index contributed by atoms with van der Waals surface area (Å²) in [6.45, 7) is 1.14. The minimum Gasteiger partial charge on any atom is -0.492 e. The van der Waals surface area contributed by atoms with Gasteiger partial charge in [0.1, 0.15) is 6.07 Å². The number of nitrogens with one attached hydrogen (secondary N) is 2. The van der Waals surface area contributed by atoms with Crippen LogP contribution in [0, 0.1) is 22.1 Å². The van der Waals surface area contributed by atoms with Gasteiger partial charge in [-0.1, -0.05) is 11.6 Å². The number of piperazine rings is 1. The van der Waals surface area contributed by atoms with Crippen LogP contribution in [-0.4, -0.2) is 60.5 Å². The van der Waals surface area contributed by atoms with E-state index in [0.717, 1.165) is 25.3 Å². The smallest absolute Gasteiger partial charge is 0.256 e. The number of ether oxygens (including phenoxy) is 1. The number of pyridine rings is 1. The standard InChI is InChI=1S/C20H20ClN5O2.C2H4N2/c1-28-18-12(9-22)6-7-24-19(18)26-14-3-4-15(26)11-25(10-14)20(27)16-5-2-13(21)8-17(16)23;3-1-2-4/h2,5-8,14-15H,3-4,10-11,23H2,1H3;1-4H. The highest BCUT2D eigenvalue weighted by atomic mass is 35.5. The minimum absolute atomic E-state index is 0.0867. The molecule has 2 unspecified atom stereocenters. The fraction of sp³-hybridized carbons (Fsp3) is 0.318. The number of nitriles is 1. The number of carbonyl (C=O) groups is 1. The number of fused-ring (bicyclic) bond motifs is 2. The average Bonchev–Trinajstić information content (AvgIpc) is 3.06. The Labute approximate surface area is 191 Å². The van der Waals surface area contributed by atoms with Gasteiger partial charge in [-0.25, -0.2) is 4.98 Å². The number of hydrogen-bond donors (Lipinski definition) is 3. The molecular formula is C22H24ClN7O2. The molecule has 0 spiro atoms. The lowest BCUT2D eigenvalue weighted by Crippen LogP contribution is -2.55. The van der Waals surface area contributed by atoms with Crippen molar-refractivity contribution in [3.05, 3.63) is 46.6 Å². The summed E-state index contributed by atoms with van der Waals surface area (Å²) in [7, 11) is 1.55. The summed E-state index contributed by atoms with van der Waals surface area (Å²) in [6.07, 6.45) is 5.36. The number of anilines is 2. The summed E-state index contributed by atoms with van der Waals surface area (Å²) in [4.78, 5) is 21.6. The number of likely N-dealkylation sites (tertiary alicyclic amines) is 1. The van der Waals surface area contributed by atoms with Crippen LogP contribution in [0.5, 0.6) is 5.75 Å². The number of halogens is 1. The first-order valence-electron chi connectivity index (χ1n) is 10.00. The molecule has 9 nitrogen and oxygen atoms in total. The highest BCUT2D eigenvalue weighted by Crippen LogP contribution is 2.40. The van der Waals surface area contributed by atoms with Crippen LogP contribution in [0.25, 0.3) is 0 Å². The Morgan fingerprint density at radius 3 is 2.47 bits per heavy atom. The monoisotopic (exact) mass is 453 g/mol. The highest BCUT2D eigenvalue weighted by Gasteiger charge is 2.43. The van der Waals surface area contributed by atoms with E-state index in [1.165, 1.54) is 0 Å². The summed E-state index contributed by atoms with van der Waals surface area (Å²) >= 11 is 5.95. The number of nitrogen functional groups attached to an aromatic ring is 1. The molecule has 4 N–H and O–H groups in total. The van der Waals surface area contributed by atoms with Crippen molar-refractivity contribution in [2.24, 2.45) is 0 Å². The van der Waals surface area contributed by atoms with Crippen molar-refractivity contribution < 1.29 is 9.53 Å². The molecule has 166 valence electrons. The van der Waals surface area contributed by atoms with Gasteiger partial charge in [-0.05, 0) is 37.1 Å². The van der Waals surface area contributed by atoms with Crippen molar-refractivity contribution in [1.29, 1.82) is 16.1 Å². The van der Waals surface area contributed by atoms with Gasteiger partial charge < -0.3 is 31.1 Å². The maximum Gasteiger partial charge on any atom is 0.256 e. The molecule has 2 aliphatic rings. The van der Waals surface area contributed by atoms with Crippen molar-refractivity contribution in [2.75, 3.05) is 30.8 Å². The van der Waals surface area contributed by atoms with Crippen LogP contribution in [0.2, 0.25) is 5.02 Å². The van der Waals surface area contributed by atoms with E-state index in [1.807, 2.05) is 4.90 Å². The van der Waals surface area contributed by atoms with E-state index >= 15 is 0 Å². The van der Waals surface area contributed by atoms with Crippen molar-refractivity contribution in [3.8, 4) is 11.8 Å². The lowest BCUT2D eigenvalue weighted by molar-refractivity contribution is 0.0718. The normalized spacial score (nSPS) is 18.8. The van der Waals surface area contributed by atoms with Gasteiger partial charge in [0.2, 0.25) is 0 Å². The van der Waals surface area contributed by atoms with Crippen LogP contribution >= 0.6 is 11.6 Å². The van der Waals surface area contributed by atoms with Gasteiger partial charge in [0, 0.05) is 54.5 Å². The number of nitrogens with two attached hydrogens (primary N) is 1. The molecule has 3 heterocycles. The largest absolute Gasteiger partial charge is 0.492 e. The van der Waals surface area contributed by atoms with E-state index in [-0.39, 0.29) is 18.0 Å². The number of benzene rings is 1. The Morgan fingerprint density at radius 1 is 1.28 bits per heavy atom. The number of methoxy groups -OCH3 is 1. The molecule has 0 radical (unpaired) electrons. The zero-order valence-electron chi connectivity index (χ0n) is 17.6. The Morgan fingerprint density at radius 2 is 1.94 bits per heavy atom. The summed E-state index contributed by atoms with van der Waals surface area (Å²) in [5, 5.41) is 22.0. The molecule has 2 bridgehead atoms. The van der Waals surface area contributed by atoms with E-state index in [2.05, 4.69) is 16.0 Å². The van der Waals surface area contributed by atoms with Crippen LogP contribution in [-0.2, 0) is 0 Å². The van der Waals surface area contributed by atoms with E-state index in [4.69, 9.17) is 32.9 Å². The number of rotatable bonds is 4. The Hall–Kier alpha value is -3.64. The second kappa shape index (κ2) is 10.1. The van der Waals surface area contributed by atoms with Crippen LogP contribution in [0.15, 0.2) is 30.5 Å². The van der Waals surface area contributed by atoms with E-state index in [1.54, 1.807) is 37.6 Å². The quantitative estimate of drug-likeness (QED) is 0.479. The number of carbonyl (C=O) groups excluding carboxylic acids is 1. The Kier molecular flexibility index (Phi) is 7.28. The van der Waals surface area contributed by atoms with Gasteiger partial charge in [0.05, 0.1) is 18.2 Å². The summed E-state index contributed by atoms with van der Waals surface area (Å²) in [5.74, 6) is 1.08. The third kappa shape index (κ3) is 4.50. The number of aromatic nitrogens is 1. The van der Waals surface area contributed by atoms with Crippen LogP contribution in [0.1, 0.15) is 28.8 Å². The molecule has 4 rings (SSSR count). The number of nitrogens with zero attached hydrogens (tertiary/aromatic N) is 4. The first-order chi connectivity index (χ1) is 15.4. The predicted molar refractivity (Wildman–Crippen MR) is 124 cm³/mol. The number of hydrogen-bond acceptors (Lipinski definition) is 8. The Balaban J connectivity index is 0.000000668. The molecule has 2 saturated heterocycles. The lowest BCUT2D eigenvalue weighted by atomic mass is 10.1. The molecule has 10 heteroatoms. The van der Waals surface area contributed by atoms with E-state index < -0.39 is 0 Å². The fourth-order valence-electron chi connectivity index (χ4n) is 4.22. The molecular weight excluding hydrogens is 430 g/mol. The summed E-state index contributed by atoms with van der Waals surface area (Å²) < 4.78 is 5.48. The summed E-state index contributed by atoms with van der Waals surface area (Å²) in [6, 6.07) is 8.99. The second-order valence-corrected chi connectivity index (χ2v) is 7.83. The van der Waals surface area contributed by atoms with Gasteiger partial charge in [-0.3, -0.25) is 4.79 Å². The fourth-order valence-corrected chi connectivity index (χ4v) is 4.40. The molecule has 2 fully saturated rings. The molecule has 0 saturated carbocycles. The van der Waals surface area contributed by atoms with Crippen molar-refractivity contribution >= 4 is 41.4 Å². The van der Waals surface area contributed by atoms with Gasteiger partial charge >= 0.3 is 0 Å². The van der Waals surface area contributed by atoms with E-state index in [0.29, 0.717) is 46.5 Å². The molecule has 2 atom stereocenters. The SMILES string of the molecule is COc1c(C#N)ccnc1N1C2CCC1CN(C(=O)c1ccc(Cl)cc1N)C2.N=CC=N. The molecule has 2 aromatic rings. The zero-order valence-corrected chi connectivity index (χ0v) is 18.3. The third-order valence-electron chi connectivity index (χ3n) is 5.55. The molecule has 0 aliphatic carbocycles. The van der Waals surface area contributed by atoms with Crippen LogP contribution < -0.4 is 15.4 Å². The average molecular weight is 454 g/mol. The first-order valence-corrected chi connectivity index (χ1v) is 10.4. The second-order valence-electron chi connectivity index (χ2n) is 7.39. The lowest BCUT2D eigenvalue weighted by Gasteiger charge is -2.42. The maximum atomic E-state index is 13.0. The topological polar surface area (TPSA) is 143 Å². The minimum atomic E-state index is -0.0867. The number of amides is 1. The molecule has 32 heavy (non-hydrogen) atoms. The van der Waals surface area contributed by atoms with Crippen LogP contribution in [0.4, 0.5) is 11.5 Å². The molecule has 1 aromatic heterocycles. The predicted octanol–water partition coefficient (Wildman–Crippen LogP) is 2.98. The van der Waals surface area contributed by atoms with Gasteiger partial charge in [-0.15, -0.1) is 0 Å². The van der Waals surface area contributed by atoms with Gasteiger partial charge in [0.15, 0.2) is 11.6 Å². The molecule has 1 aromatic carbocycles. The molecule has 1 amide bonds. The first kappa shape index (κ1) is 23.0. The van der Waals surface area contributed by atoms with Crippen molar-refractivity contribution in [2.45, 2.75) is 24.9 Å².